The van der Waals surface area contributed by atoms with Crippen LogP contribution in [0.4, 0.5) is 4.39 Å². The summed E-state index contributed by atoms with van der Waals surface area (Å²) in [6.07, 6.45) is 0.857. The van der Waals surface area contributed by atoms with E-state index in [4.69, 9.17) is 9.05 Å². The van der Waals surface area contributed by atoms with Crippen molar-refractivity contribution in [1.29, 1.82) is 0 Å². The van der Waals surface area contributed by atoms with Crippen LogP contribution in [0.15, 0.2) is 35.7 Å². The van der Waals surface area contributed by atoms with E-state index in [0.717, 1.165) is 6.42 Å². The molecule has 0 radical (unpaired) electrons. The summed E-state index contributed by atoms with van der Waals surface area (Å²) in [7, 11) is -3.55. The predicted octanol–water partition coefficient (Wildman–Crippen LogP) is 5.21. The third-order valence-electron chi connectivity index (χ3n) is 4.28. The Hall–Kier alpha value is -1.04. The Labute approximate surface area is 152 Å². The molecule has 0 N–H and O–H groups in total. The minimum atomic E-state index is -3.55. The Bertz CT molecular complexity index is 756. The summed E-state index contributed by atoms with van der Waals surface area (Å²) in [4.78, 5) is 3.37. The lowest BCUT2D eigenvalue weighted by molar-refractivity contribution is 0.153. The van der Waals surface area contributed by atoms with Crippen molar-refractivity contribution < 1.29 is 18.0 Å². The van der Waals surface area contributed by atoms with Gasteiger partial charge in [-0.25, -0.2) is 4.39 Å². The number of halogens is 1. The highest BCUT2D eigenvalue weighted by Crippen LogP contribution is 2.63. The molecule has 1 aliphatic heterocycles. The fourth-order valence-electron chi connectivity index (χ4n) is 3.27. The molecular weight excluding hydrogens is 360 g/mol. The van der Waals surface area contributed by atoms with E-state index in [-0.39, 0.29) is 19.0 Å². The quantitative estimate of drug-likeness (QED) is 0.615. The van der Waals surface area contributed by atoms with Crippen molar-refractivity contribution in [3.8, 4) is 0 Å². The van der Waals surface area contributed by atoms with E-state index in [9.17, 15) is 8.96 Å². The SMILES string of the molecule is CCOP(=O)(OCC)C(c1ccccc1F)N1CCc2sccc2C1. The monoisotopic (exact) mass is 383 g/mol. The van der Waals surface area contributed by atoms with Crippen LogP contribution in [0.5, 0.6) is 0 Å². The van der Waals surface area contributed by atoms with Crippen molar-refractivity contribution in [2.45, 2.75) is 32.6 Å². The van der Waals surface area contributed by atoms with Crippen LogP contribution < -0.4 is 0 Å². The van der Waals surface area contributed by atoms with Gasteiger partial charge in [-0.15, -0.1) is 11.3 Å². The van der Waals surface area contributed by atoms with E-state index in [0.29, 0.717) is 18.7 Å². The van der Waals surface area contributed by atoms with E-state index < -0.39 is 13.4 Å². The first-order valence-corrected chi connectivity index (χ1v) is 11.0. The van der Waals surface area contributed by atoms with E-state index >= 15 is 0 Å². The minimum Gasteiger partial charge on any atom is -0.308 e. The van der Waals surface area contributed by atoms with E-state index in [1.165, 1.54) is 16.5 Å². The van der Waals surface area contributed by atoms with Gasteiger partial charge in [0.25, 0.3) is 0 Å². The number of nitrogens with zero attached hydrogens (tertiary/aromatic N) is 1. The van der Waals surface area contributed by atoms with Crippen LogP contribution in [0, 0.1) is 5.82 Å². The fourth-order valence-corrected chi connectivity index (χ4v) is 6.38. The molecule has 0 amide bonds. The summed E-state index contributed by atoms with van der Waals surface area (Å²) >= 11 is 1.73. The van der Waals surface area contributed by atoms with Crippen LogP contribution in [-0.4, -0.2) is 24.7 Å². The molecule has 25 heavy (non-hydrogen) atoms. The summed E-state index contributed by atoms with van der Waals surface area (Å²) in [6, 6.07) is 8.54. The number of hydrogen-bond donors (Lipinski definition) is 0. The summed E-state index contributed by atoms with van der Waals surface area (Å²) in [5.74, 6) is -1.13. The molecule has 2 heterocycles. The third kappa shape index (κ3) is 3.88. The second-order valence-electron chi connectivity index (χ2n) is 5.86. The fraction of sp³-hybridized carbons (Fsp3) is 0.444. The van der Waals surface area contributed by atoms with Gasteiger partial charge in [0.1, 0.15) is 11.6 Å². The molecule has 4 nitrogen and oxygen atoms in total. The first kappa shape index (κ1) is 18.7. The van der Waals surface area contributed by atoms with Gasteiger partial charge in [-0.2, -0.15) is 0 Å². The lowest BCUT2D eigenvalue weighted by Crippen LogP contribution is -2.34. The average Bonchev–Trinajstić information content (AvgIpc) is 3.05. The van der Waals surface area contributed by atoms with Crippen LogP contribution >= 0.6 is 18.9 Å². The lowest BCUT2D eigenvalue weighted by atomic mass is 10.1. The van der Waals surface area contributed by atoms with Gasteiger partial charge in [0, 0.05) is 23.5 Å². The molecule has 0 aliphatic carbocycles. The second-order valence-corrected chi connectivity index (χ2v) is 8.95. The Morgan fingerprint density at radius 3 is 2.64 bits per heavy atom. The van der Waals surface area contributed by atoms with E-state index in [1.54, 1.807) is 43.4 Å². The van der Waals surface area contributed by atoms with Gasteiger partial charge in [-0.1, -0.05) is 18.2 Å². The van der Waals surface area contributed by atoms with E-state index in [2.05, 4.69) is 11.4 Å². The highest BCUT2D eigenvalue weighted by Gasteiger charge is 2.43. The van der Waals surface area contributed by atoms with Crippen LogP contribution in [-0.2, 0) is 26.6 Å². The zero-order valence-corrected chi connectivity index (χ0v) is 16.2. The normalized spacial score (nSPS) is 16.6. The van der Waals surface area contributed by atoms with Gasteiger partial charge in [-0.3, -0.25) is 9.46 Å². The smallest absolute Gasteiger partial charge is 0.308 e. The van der Waals surface area contributed by atoms with Crippen molar-refractivity contribution in [1.82, 2.24) is 4.90 Å². The Morgan fingerprint density at radius 2 is 1.96 bits per heavy atom. The van der Waals surface area contributed by atoms with Gasteiger partial charge >= 0.3 is 7.60 Å². The molecule has 7 heteroatoms. The molecule has 1 unspecified atom stereocenters. The molecule has 1 aliphatic rings. The van der Waals surface area contributed by atoms with Crippen molar-refractivity contribution in [2.75, 3.05) is 19.8 Å². The molecule has 136 valence electrons. The minimum absolute atomic E-state index is 0.250. The maximum atomic E-state index is 14.6. The molecule has 1 aromatic heterocycles. The molecule has 0 saturated carbocycles. The first-order valence-electron chi connectivity index (χ1n) is 8.51. The predicted molar refractivity (Wildman–Crippen MR) is 98.4 cm³/mol. The zero-order chi connectivity index (χ0) is 17.9. The number of hydrogen-bond acceptors (Lipinski definition) is 5. The zero-order valence-electron chi connectivity index (χ0n) is 14.5. The van der Waals surface area contributed by atoms with Crippen LogP contribution in [0.25, 0.3) is 0 Å². The largest absolute Gasteiger partial charge is 0.352 e. The molecule has 1 atom stereocenters. The van der Waals surface area contributed by atoms with Crippen molar-refractivity contribution in [3.63, 3.8) is 0 Å². The highest BCUT2D eigenvalue weighted by atomic mass is 32.1. The summed E-state index contributed by atoms with van der Waals surface area (Å²) in [5, 5.41) is 2.07. The molecule has 3 rings (SSSR count). The maximum absolute atomic E-state index is 14.6. The lowest BCUT2D eigenvalue weighted by Gasteiger charge is -2.38. The van der Waals surface area contributed by atoms with Gasteiger partial charge in [-0.05, 0) is 43.3 Å². The van der Waals surface area contributed by atoms with E-state index in [1.807, 2.05) is 4.90 Å². The topological polar surface area (TPSA) is 38.8 Å². The molecule has 2 aromatic rings. The summed E-state index contributed by atoms with van der Waals surface area (Å²) in [5.41, 5.74) is 1.57. The van der Waals surface area contributed by atoms with Gasteiger partial charge in [0.05, 0.1) is 13.2 Å². The maximum Gasteiger partial charge on any atom is 0.352 e. The van der Waals surface area contributed by atoms with Crippen LogP contribution in [0.1, 0.15) is 35.6 Å². The molecule has 0 saturated heterocycles. The summed E-state index contributed by atoms with van der Waals surface area (Å²) < 4.78 is 39.3. The number of thiophene rings is 1. The standard InChI is InChI=1S/C18H23FNO3PS/c1-3-22-24(21,23-4-2)18(15-7-5-6-8-16(15)19)20-11-9-17-14(13-20)10-12-25-17/h5-8,10,12,18H,3-4,9,11,13H2,1-2H3. The molecule has 0 spiro atoms. The number of benzene rings is 1. The first-order chi connectivity index (χ1) is 12.1. The Kier molecular flexibility index (Phi) is 6.08. The number of fused-ring (bicyclic) bond motifs is 1. The van der Waals surface area contributed by atoms with Crippen LogP contribution in [0.2, 0.25) is 0 Å². The van der Waals surface area contributed by atoms with Gasteiger partial charge in [0.2, 0.25) is 0 Å². The highest BCUT2D eigenvalue weighted by molar-refractivity contribution is 7.54. The third-order valence-corrected chi connectivity index (χ3v) is 7.75. The van der Waals surface area contributed by atoms with Crippen molar-refractivity contribution in [3.05, 3.63) is 57.5 Å². The molecule has 1 aromatic carbocycles. The van der Waals surface area contributed by atoms with Gasteiger partial charge < -0.3 is 9.05 Å². The second kappa shape index (κ2) is 8.11. The Morgan fingerprint density at radius 1 is 1.24 bits per heavy atom. The molecule has 0 bridgehead atoms. The Balaban J connectivity index is 2.03. The van der Waals surface area contributed by atoms with Crippen LogP contribution in [0.3, 0.4) is 0 Å². The summed E-state index contributed by atoms with van der Waals surface area (Å²) in [6.45, 7) is 5.35. The average molecular weight is 383 g/mol. The van der Waals surface area contributed by atoms with Crippen molar-refractivity contribution in [2.24, 2.45) is 0 Å². The van der Waals surface area contributed by atoms with Crippen molar-refractivity contribution >= 4 is 18.9 Å². The molecule has 0 fully saturated rings. The number of rotatable bonds is 7. The van der Waals surface area contributed by atoms with Gasteiger partial charge in [0.15, 0.2) is 0 Å². The molecular formula is C18H23FNO3PS.